The highest BCUT2D eigenvalue weighted by atomic mass is 16.5. The van der Waals surface area contributed by atoms with Crippen LogP contribution in [0, 0.1) is 11.3 Å². The van der Waals surface area contributed by atoms with Crippen LogP contribution in [0.4, 0.5) is 0 Å². The molecule has 0 aliphatic carbocycles. The van der Waals surface area contributed by atoms with Gasteiger partial charge >= 0.3 is 0 Å². The lowest BCUT2D eigenvalue weighted by molar-refractivity contribution is 0.0324. The van der Waals surface area contributed by atoms with Gasteiger partial charge in [-0.15, -0.1) is 5.10 Å². The zero-order valence-corrected chi connectivity index (χ0v) is 9.75. The van der Waals surface area contributed by atoms with E-state index >= 15 is 0 Å². The van der Waals surface area contributed by atoms with E-state index in [1.54, 1.807) is 4.68 Å². The van der Waals surface area contributed by atoms with Crippen molar-refractivity contribution in [2.24, 2.45) is 0 Å². The fraction of sp³-hybridized carbons (Fsp3) is 0.800. The maximum atomic E-state index is 8.49. The Morgan fingerprint density at radius 1 is 1.35 bits per heavy atom. The number of nitriles is 1. The smallest absolute Gasteiger partial charge is 0.165 e. The first-order valence-corrected chi connectivity index (χ1v) is 5.82. The first-order valence-electron chi connectivity index (χ1n) is 5.82. The lowest BCUT2D eigenvalue weighted by Crippen LogP contribution is -2.36. The van der Waals surface area contributed by atoms with E-state index in [9.17, 15) is 0 Å². The Kier molecular flexibility index (Phi) is 4.41. The minimum absolute atomic E-state index is 0.539. The second-order valence-corrected chi connectivity index (χ2v) is 3.97. The highest BCUT2D eigenvalue weighted by Gasteiger charge is 2.14. The van der Waals surface area contributed by atoms with Crippen molar-refractivity contribution >= 4 is 0 Å². The molecule has 1 aliphatic heterocycles. The molecule has 0 spiro atoms. The number of tetrazole rings is 1. The van der Waals surface area contributed by atoms with Gasteiger partial charge in [-0.3, -0.25) is 4.90 Å². The zero-order chi connectivity index (χ0) is 11.9. The third-order valence-electron chi connectivity index (χ3n) is 2.73. The minimum atomic E-state index is 0.539. The quantitative estimate of drug-likeness (QED) is 0.659. The van der Waals surface area contributed by atoms with Gasteiger partial charge in [0.1, 0.15) is 0 Å². The lowest BCUT2D eigenvalue weighted by Gasteiger charge is -2.25. The molecule has 0 unspecified atom stereocenters. The summed E-state index contributed by atoms with van der Waals surface area (Å²) in [5, 5.41) is 20.1. The standard InChI is InChI=1S/C10H16N6O/c11-3-1-2-4-16-10(12-13-14-16)9-15-5-7-17-8-6-15/h1-2,4-9H2. The summed E-state index contributed by atoms with van der Waals surface area (Å²) in [5.74, 6) is 0.866. The molecule has 0 atom stereocenters. The van der Waals surface area contributed by atoms with Crippen molar-refractivity contribution in [3.63, 3.8) is 0 Å². The Balaban J connectivity index is 1.87. The Morgan fingerprint density at radius 2 is 2.18 bits per heavy atom. The molecule has 1 saturated heterocycles. The van der Waals surface area contributed by atoms with Crippen LogP contribution in [0.25, 0.3) is 0 Å². The highest BCUT2D eigenvalue weighted by Crippen LogP contribution is 2.04. The summed E-state index contributed by atoms with van der Waals surface area (Å²) >= 11 is 0. The van der Waals surface area contributed by atoms with E-state index in [0.717, 1.165) is 45.1 Å². The molecule has 0 N–H and O–H groups in total. The molecule has 17 heavy (non-hydrogen) atoms. The topological polar surface area (TPSA) is 79.9 Å². The van der Waals surface area contributed by atoms with Gasteiger partial charge in [-0.2, -0.15) is 5.26 Å². The van der Waals surface area contributed by atoms with E-state index in [4.69, 9.17) is 10.00 Å². The van der Waals surface area contributed by atoms with E-state index in [1.165, 1.54) is 0 Å². The SMILES string of the molecule is N#CCCCn1nnnc1CN1CCOCC1. The molecule has 7 nitrogen and oxygen atoms in total. The third kappa shape index (κ3) is 3.47. The molecule has 7 heteroatoms. The molecule has 0 saturated carbocycles. The normalized spacial score (nSPS) is 16.9. The van der Waals surface area contributed by atoms with Gasteiger partial charge in [0.05, 0.1) is 25.8 Å². The molecule has 0 bridgehead atoms. The van der Waals surface area contributed by atoms with Crippen molar-refractivity contribution in [2.75, 3.05) is 26.3 Å². The van der Waals surface area contributed by atoms with Gasteiger partial charge < -0.3 is 4.74 Å². The number of aryl methyl sites for hydroxylation is 1. The fourth-order valence-corrected chi connectivity index (χ4v) is 1.78. The monoisotopic (exact) mass is 236 g/mol. The molecule has 0 aromatic carbocycles. The Morgan fingerprint density at radius 3 is 2.94 bits per heavy atom. The molecule has 0 amide bonds. The molecule has 2 rings (SSSR count). The van der Waals surface area contributed by atoms with Crippen LogP contribution in [-0.2, 0) is 17.8 Å². The second-order valence-electron chi connectivity index (χ2n) is 3.97. The molecule has 1 aliphatic rings. The number of morpholine rings is 1. The van der Waals surface area contributed by atoms with Gasteiger partial charge in [-0.25, -0.2) is 4.68 Å². The molecule has 1 aromatic heterocycles. The largest absolute Gasteiger partial charge is 0.379 e. The van der Waals surface area contributed by atoms with E-state index in [0.29, 0.717) is 13.0 Å². The van der Waals surface area contributed by atoms with E-state index in [1.807, 2.05) is 0 Å². The first kappa shape index (κ1) is 12.0. The lowest BCUT2D eigenvalue weighted by atomic mass is 10.3. The molecule has 1 aromatic rings. The van der Waals surface area contributed by atoms with Crippen LogP contribution in [0.2, 0.25) is 0 Å². The molecule has 92 valence electrons. The average Bonchev–Trinajstić information content (AvgIpc) is 2.79. The van der Waals surface area contributed by atoms with Gasteiger partial charge in [0, 0.05) is 26.1 Å². The number of aromatic nitrogens is 4. The summed E-state index contributed by atoms with van der Waals surface area (Å²) in [5.41, 5.74) is 0. The summed E-state index contributed by atoms with van der Waals surface area (Å²) in [6, 6.07) is 2.12. The maximum Gasteiger partial charge on any atom is 0.165 e. The van der Waals surface area contributed by atoms with Crippen molar-refractivity contribution in [1.82, 2.24) is 25.1 Å². The summed E-state index contributed by atoms with van der Waals surface area (Å²) < 4.78 is 7.08. The summed E-state index contributed by atoms with van der Waals surface area (Å²) in [6.45, 7) is 4.85. The third-order valence-corrected chi connectivity index (χ3v) is 2.73. The zero-order valence-electron chi connectivity index (χ0n) is 9.75. The van der Waals surface area contributed by atoms with Crippen molar-refractivity contribution < 1.29 is 4.74 Å². The van der Waals surface area contributed by atoms with Gasteiger partial charge in [0.2, 0.25) is 0 Å². The number of ether oxygens (including phenoxy) is 1. The number of rotatable bonds is 5. The van der Waals surface area contributed by atoms with Crippen LogP contribution in [0.3, 0.4) is 0 Å². The number of nitrogens with zero attached hydrogens (tertiary/aromatic N) is 6. The van der Waals surface area contributed by atoms with Gasteiger partial charge in [-0.05, 0) is 16.8 Å². The van der Waals surface area contributed by atoms with Crippen molar-refractivity contribution in [1.29, 1.82) is 5.26 Å². The molecule has 2 heterocycles. The Bertz CT molecular complexity index is 378. The van der Waals surface area contributed by atoms with Crippen LogP contribution in [-0.4, -0.2) is 51.4 Å². The van der Waals surface area contributed by atoms with Crippen LogP contribution in [0.15, 0.2) is 0 Å². The summed E-state index contributed by atoms with van der Waals surface area (Å²) in [6.07, 6.45) is 1.33. The Labute approximate surface area is 100.0 Å². The van der Waals surface area contributed by atoms with Gasteiger partial charge in [0.25, 0.3) is 0 Å². The molecule has 1 fully saturated rings. The Hall–Kier alpha value is -1.52. The van der Waals surface area contributed by atoms with E-state index < -0.39 is 0 Å². The highest BCUT2D eigenvalue weighted by molar-refractivity contribution is 4.82. The number of hydrogen-bond donors (Lipinski definition) is 0. The predicted molar refractivity (Wildman–Crippen MR) is 58.8 cm³/mol. The van der Waals surface area contributed by atoms with E-state index in [-0.39, 0.29) is 0 Å². The molecular formula is C10H16N6O. The van der Waals surface area contributed by atoms with Crippen LogP contribution in [0.5, 0.6) is 0 Å². The number of unbranched alkanes of at least 4 members (excludes halogenated alkanes) is 1. The summed E-state index contributed by atoms with van der Waals surface area (Å²) in [4.78, 5) is 2.27. The molecule has 0 radical (unpaired) electrons. The van der Waals surface area contributed by atoms with Crippen molar-refractivity contribution in [2.45, 2.75) is 25.9 Å². The van der Waals surface area contributed by atoms with Gasteiger partial charge in [-0.1, -0.05) is 0 Å². The maximum absolute atomic E-state index is 8.49. The first-order chi connectivity index (χ1) is 8.40. The second kappa shape index (κ2) is 6.27. The fourth-order valence-electron chi connectivity index (χ4n) is 1.78. The number of hydrogen-bond acceptors (Lipinski definition) is 6. The van der Waals surface area contributed by atoms with Crippen molar-refractivity contribution in [3.05, 3.63) is 5.82 Å². The predicted octanol–water partition coefficient (Wildman–Crippen LogP) is -0.191. The van der Waals surface area contributed by atoms with Gasteiger partial charge in [0.15, 0.2) is 5.82 Å². The average molecular weight is 236 g/mol. The van der Waals surface area contributed by atoms with Crippen LogP contribution >= 0.6 is 0 Å². The van der Waals surface area contributed by atoms with E-state index in [2.05, 4.69) is 26.5 Å². The van der Waals surface area contributed by atoms with Crippen molar-refractivity contribution in [3.8, 4) is 6.07 Å². The summed E-state index contributed by atoms with van der Waals surface area (Å²) in [7, 11) is 0. The van der Waals surface area contributed by atoms with Crippen LogP contribution < -0.4 is 0 Å². The molecular weight excluding hydrogens is 220 g/mol. The van der Waals surface area contributed by atoms with Crippen LogP contribution in [0.1, 0.15) is 18.7 Å². The minimum Gasteiger partial charge on any atom is -0.379 e.